The number of rotatable bonds is 5. The average Bonchev–Trinajstić information content (AvgIpc) is 3.16. The lowest BCUT2D eigenvalue weighted by Crippen LogP contribution is -2.53. The van der Waals surface area contributed by atoms with Crippen molar-refractivity contribution >= 4 is 40.6 Å². The van der Waals surface area contributed by atoms with E-state index in [2.05, 4.69) is 11.6 Å². The molecule has 6 nitrogen and oxygen atoms in total. The Morgan fingerprint density at radius 3 is 2.67 bits per heavy atom. The van der Waals surface area contributed by atoms with E-state index in [0.717, 1.165) is 28.5 Å². The minimum absolute atomic E-state index is 0.00898. The molecule has 0 saturated carbocycles. The van der Waals surface area contributed by atoms with Crippen molar-refractivity contribution in [2.24, 2.45) is 10.7 Å². The van der Waals surface area contributed by atoms with Gasteiger partial charge < -0.3 is 15.9 Å². The molecule has 0 saturated heterocycles. The summed E-state index contributed by atoms with van der Waals surface area (Å²) in [7, 11) is 0. The van der Waals surface area contributed by atoms with Gasteiger partial charge in [-0.1, -0.05) is 42.4 Å². The number of carbonyl (C=O) groups is 1. The number of nitrogens with two attached hydrogens (primary N) is 1. The van der Waals surface area contributed by atoms with Crippen molar-refractivity contribution in [3.8, 4) is 0 Å². The predicted octanol–water partition coefficient (Wildman–Crippen LogP) is 3.98. The summed E-state index contributed by atoms with van der Waals surface area (Å²) in [6, 6.07) is 7.76. The van der Waals surface area contributed by atoms with Crippen molar-refractivity contribution in [1.29, 1.82) is 0 Å². The molecular weight excluding hydrogens is 479 g/mol. The quantitative estimate of drug-likeness (QED) is 0.329. The number of aliphatic hydroxyl groups is 2. The van der Waals surface area contributed by atoms with Gasteiger partial charge in [-0.05, 0) is 35.8 Å². The Bertz CT molecular complexity index is 1140. The Morgan fingerprint density at radius 2 is 2.06 bits per heavy atom. The fourth-order valence-electron chi connectivity index (χ4n) is 3.71. The van der Waals surface area contributed by atoms with E-state index in [9.17, 15) is 28.2 Å². The van der Waals surface area contributed by atoms with Crippen molar-refractivity contribution in [3.05, 3.63) is 74.6 Å². The number of carbonyl (C=O) groups excluding carboxylic acids is 1. The molecule has 0 radical (unpaired) electrons. The molecule has 1 aromatic heterocycles. The lowest BCUT2D eigenvalue weighted by Gasteiger charge is -2.42. The number of aliphatic imine (C=N–C) groups is 1. The summed E-state index contributed by atoms with van der Waals surface area (Å²) in [5.41, 5.74) is 4.77. The van der Waals surface area contributed by atoms with Crippen LogP contribution in [-0.2, 0) is 10.7 Å². The van der Waals surface area contributed by atoms with Crippen LogP contribution in [0.4, 0.5) is 13.2 Å². The Kier molecular flexibility index (Phi) is 7.04. The topological polar surface area (TPSA) is 99.2 Å². The van der Waals surface area contributed by atoms with Crippen LogP contribution in [0.1, 0.15) is 34.4 Å². The molecule has 0 bridgehead atoms. The first-order chi connectivity index (χ1) is 15.4. The van der Waals surface area contributed by atoms with Crippen LogP contribution in [0.25, 0.3) is 5.57 Å². The first kappa shape index (κ1) is 25.0. The van der Waals surface area contributed by atoms with E-state index in [1.54, 1.807) is 25.1 Å². The maximum absolute atomic E-state index is 13.6. The molecule has 1 aliphatic rings. The number of hydrogen-bond acceptors (Lipinski definition) is 6. The number of fused-ring (bicyclic) bond motifs is 1. The van der Waals surface area contributed by atoms with E-state index in [1.807, 2.05) is 0 Å². The lowest BCUT2D eigenvalue weighted by atomic mass is 9.82. The normalized spacial score (nSPS) is 18.8. The van der Waals surface area contributed by atoms with Crippen molar-refractivity contribution in [1.82, 2.24) is 4.90 Å². The summed E-state index contributed by atoms with van der Waals surface area (Å²) in [5.74, 6) is -4.16. The summed E-state index contributed by atoms with van der Waals surface area (Å²) in [6.07, 6.45) is -2.81. The van der Waals surface area contributed by atoms with Gasteiger partial charge in [-0.2, -0.15) is 13.2 Å². The van der Waals surface area contributed by atoms with E-state index >= 15 is 0 Å². The lowest BCUT2D eigenvalue weighted by molar-refractivity contribution is -0.268. The molecule has 176 valence electrons. The maximum Gasteiger partial charge on any atom is 0.431 e. The van der Waals surface area contributed by atoms with Crippen LogP contribution >= 0.6 is 22.9 Å². The van der Waals surface area contributed by atoms with Gasteiger partial charge in [-0.3, -0.25) is 14.7 Å². The predicted molar refractivity (Wildman–Crippen MR) is 122 cm³/mol. The van der Waals surface area contributed by atoms with E-state index in [0.29, 0.717) is 11.1 Å². The first-order valence-electron chi connectivity index (χ1n) is 9.78. The minimum atomic E-state index is -4.80. The van der Waals surface area contributed by atoms with Gasteiger partial charge >= 0.3 is 6.18 Å². The highest BCUT2D eigenvalue weighted by Crippen LogP contribution is 2.47. The molecule has 0 spiro atoms. The van der Waals surface area contributed by atoms with Gasteiger partial charge in [0.15, 0.2) is 0 Å². The third-order valence-electron chi connectivity index (χ3n) is 5.22. The summed E-state index contributed by atoms with van der Waals surface area (Å²) in [5, 5.41) is 21.4. The van der Waals surface area contributed by atoms with E-state index in [-0.39, 0.29) is 33.4 Å². The minimum Gasteiger partial charge on any atom is -0.394 e. The number of alkyl halides is 3. The van der Waals surface area contributed by atoms with Gasteiger partial charge in [-0.25, -0.2) is 0 Å². The largest absolute Gasteiger partial charge is 0.431 e. The fourth-order valence-corrected chi connectivity index (χ4v) is 5.01. The maximum atomic E-state index is 13.6. The highest BCUT2D eigenvalue weighted by molar-refractivity contribution is 7.16. The van der Waals surface area contributed by atoms with Gasteiger partial charge in [0, 0.05) is 30.8 Å². The summed E-state index contributed by atoms with van der Waals surface area (Å²) in [4.78, 5) is 17.2. The SMILES string of the molecule is C=CC(=O)N1CC(c2ccccc2/C(C=NCC)=C(/N)C(F)(F)F)c2cc(Cl)sc2C1(O)O. The van der Waals surface area contributed by atoms with Crippen molar-refractivity contribution in [2.45, 2.75) is 24.9 Å². The Labute approximate surface area is 197 Å². The summed E-state index contributed by atoms with van der Waals surface area (Å²) in [6.45, 7) is 5.05. The second-order valence-electron chi connectivity index (χ2n) is 7.22. The molecule has 1 amide bonds. The molecule has 1 aliphatic heterocycles. The van der Waals surface area contributed by atoms with Crippen molar-refractivity contribution in [3.63, 3.8) is 0 Å². The Hall–Kier alpha value is -2.66. The smallest absolute Gasteiger partial charge is 0.394 e. The standard InChI is InChI=1S/C22H21ClF3N3O3S/c1-3-18(30)29-11-16(14-9-17(23)33-20(14)22(29,31)32)13-8-6-5-7-12(13)15(10-28-4-2)19(27)21(24,25)26/h3,5-10,16,31-32H,1,4,11,27H2,2H3/b19-15+,28-10?. The van der Waals surface area contributed by atoms with Gasteiger partial charge in [-0.15, -0.1) is 11.3 Å². The highest BCUT2D eigenvalue weighted by Gasteiger charge is 2.47. The van der Waals surface area contributed by atoms with Crippen LogP contribution < -0.4 is 5.73 Å². The molecule has 0 fully saturated rings. The molecule has 2 heterocycles. The number of benzene rings is 1. The zero-order chi connectivity index (χ0) is 24.6. The molecule has 1 aromatic carbocycles. The van der Waals surface area contributed by atoms with Gasteiger partial charge in [0.25, 0.3) is 5.91 Å². The number of nitrogens with zero attached hydrogens (tertiary/aromatic N) is 2. The molecule has 4 N–H and O–H groups in total. The highest BCUT2D eigenvalue weighted by atomic mass is 35.5. The molecule has 1 unspecified atom stereocenters. The molecule has 0 aliphatic carbocycles. The Balaban J connectivity index is 2.29. The zero-order valence-electron chi connectivity index (χ0n) is 17.4. The van der Waals surface area contributed by atoms with Gasteiger partial charge in [0.05, 0.1) is 9.21 Å². The van der Waals surface area contributed by atoms with Crippen LogP contribution in [0.2, 0.25) is 4.34 Å². The number of halogens is 4. The zero-order valence-corrected chi connectivity index (χ0v) is 19.0. The molecular formula is C22H21ClF3N3O3S. The molecule has 33 heavy (non-hydrogen) atoms. The number of amides is 1. The van der Waals surface area contributed by atoms with Crippen molar-refractivity contribution in [2.75, 3.05) is 13.1 Å². The number of allylic oxidation sites excluding steroid dienone is 2. The Morgan fingerprint density at radius 1 is 1.39 bits per heavy atom. The van der Waals surface area contributed by atoms with E-state index in [4.69, 9.17) is 17.3 Å². The molecule has 11 heteroatoms. The van der Waals surface area contributed by atoms with Crippen molar-refractivity contribution < 1.29 is 28.2 Å². The second kappa shape index (κ2) is 9.30. The summed E-state index contributed by atoms with van der Waals surface area (Å²) >= 11 is 7.01. The van der Waals surface area contributed by atoms with Gasteiger partial charge in [0.1, 0.15) is 5.70 Å². The third-order valence-corrected chi connectivity index (χ3v) is 6.58. The molecule has 1 atom stereocenters. The third kappa shape index (κ3) is 4.70. The van der Waals surface area contributed by atoms with Gasteiger partial charge in [0.2, 0.25) is 5.91 Å². The first-order valence-corrected chi connectivity index (χ1v) is 11.0. The van der Waals surface area contributed by atoms with E-state index in [1.165, 1.54) is 12.1 Å². The van der Waals surface area contributed by atoms with Crippen LogP contribution in [-0.4, -0.2) is 46.5 Å². The van der Waals surface area contributed by atoms with Crippen LogP contribution in [0.3, 0.4) is 0 Å². The monoisotopic (exact) mass is 499 g/mol. The number of thiophene rings is 1. The van der Waals surface area contributed by atoms with Crippen LogP contribution in [0, 0.1) is 0 Å². The molecule has 2 aromatic rings. The average molecular weight is 500 g/mol. The second-order valence-corrected chi connectivity index (χ2v) is 8.90. The van der Waals surface area contributed by atoms with Crippen LogP contribution in [0.15, 0.2) is 53.7 Å². The summed E-state index contributed by atoms with van der Waals surface area (Å²) < 4.78 is 40.9. The van der Waals surface area contributed by atoms with E-state index < -0.39 is 29.6 Å². The van der Waals surface area contributed by atoms with Crippen LogP contribution in [0.5, 0.6) is 0 Å². The number of hydrogen-bond donors (Lipinski definition) is 3. The fraction of sp³-hybridized carbons (Fsp3) is 0.273. The molecule has 3 rings (SSSR count).